The fourth-order valence-electron chi connectivity index (χ4n) is 2.07. The normalized spacial score (nSPS) is 12.4. The summed E-state index contributed by atoms with van der Waals surface area (Å²) in [5, 5.41) is 10.2. The molecule has 2 nitrogen and oxygen atoms in total. The van der Waals surface area contributed by atoms with Gasteiger partial charge in [0.25, 0.3) is 0 Å². The highest BCUT2D eigenvalue weighted by atomic mass is 16.5. The maximum atomic E-state index is 10.2. The molecular formula is C17H20O2. The number of methoxy groups -OCH3 is 1. The van der Waals surface area contributed by atoms with E-state index in [4.69, 9.17) is 4.74 Å². The number of hydrogen-bond acceptors (Lipinski definition) is 2. The molecule has 0 aromatic heterocycles. The number of hydrogen-bond donors (Lipinski definition) is 1. The highest BCUT2D eigenvalue weighted by Gasteiger charge is 2.08. The summed E-state index contributed by atoms with van der Waals surface area (Å²) in [4.78, 5) is 0. The third-order valence-electron chi connectivity index (χ3n) is 3.23. The Bertz CT molecular complexity index is 500. The first kappa shape index (κ1) is 13.8. The van der Waals surface area contributed by atoms with Crippen molar-refractivity contribution in [2.45, 2.75) is 26.1 Å². The van der Waals surface area contributed by atoms with Crippen LogP contribution in [0.4, 0.5) is 0 Å². The van der Waals surface area contributed by atoms with Crippen molar-refractivity contribution < 1.29 is 9.84 Å². The molecule has 0 spiro atoms. The predicted octanol–water partition coefficient (Wildman–Crippen LogP) is 3.42. The Morgan fingerprint density at radius 2 is 1.53 bits per heavy atom. The molecule has 0 aliphatic heterocycles. The van der Waals surface area contributed by atoms with Crippen LogP contribution in [0.1, 0.15) is 28.4 Å². The molecule has 100 valence electrons. The van der Waals surface area contributed by atoms with Crippen LogP contribution in [0.15, 0.2) is 48.5 Å². The predicted molar refractivity (Wildman–Crippen MR) is 77.0 cm³/mol. The van der Waals surface area contributed by atoms with Crippen molar-refractivity contribution in [1.29, 1.82) is 0 Å². The Hall–Kier alpha value is -1.64. The third kappa shape index (κ3) is 3.91. The zero-order valence-electron chi connectivity index (χ0n) is 11.5. The summed E-state index contributed by atoms with van der Waals surface area (Å²) in [7, 11) is 1.68. The van der Waals surface area contributed by atoms with Crippen molar-refractivity contribution in [3.63, 3.8) is 0 Å². The maximum absolute atomic E-state index is 10.2. The third-order valence-corrected chi connectivity index (χ3v) is 3.23. The van der Waals surface area contributed by atoms with Crippen LogP contribution in [0.25, 0.3) is 0 Å². The van der Waals surface area contributed by atoms with E-state index in [1.165, 1.54) is 5.56 Å². The molecule has 0 bridgehead atoms. The van der Waals surface area contributed by atoms with Gasteiger partial charge in [-0.2, -0.15) is 0 Å². The van der Waals surface area contributed by atoms with Crippen molar-refractivity contribution in [2.24, 2.45) is 0 Å². The molecule has 2 aromatic carbocycles. The molecule has 0 saturated carbocycles. The van der Waals surface area contributed by atoms with Gasteiger partial charge in [-0.1, -0.05) is 54.1 Å². The van der Waals surface area contributed by atoms with Crippen molar-refractivity contribution in [3.8, 4) is 0 Å². The quantitative estimate of drug-likeness (QED) is 0.888. The second-order valence-electron chi connectivity index (χ2n) is 4.88. The lowest BCUT2D eigenvalue weighted by Crippen LogP contribution is -2.02. The topological polar surface area (TPSA) is 29.5 Å². The van der Waals surface area contributed by atoms with Gasteiger partial charge in [0.1, 0.15) is 0 Å². The van der Waals surface area contributed by atoms with Crippen LogP contribution in [0.3, 0.4) is 0 Å². The van der Waals surface area contributed by atoms with Gasteiger partial charge in [-0.3, -0.25) is 0 Å². The van der Waals surface area contributed by atoms with Crippen LogP contribution in [0, 0.1) is 6.92 Å². The minimum atomic E-state index is -0.459. The Morgan fingerprint density at radius 3 is 2.11 bits per heavy atom. The molecule has 2 rings (SSSR count). The van der Waals surface area contributed by atoms with Gasteiger partial charge in [-0.25, -0.2) is 0 Å². The van der Waals surface area contributed by atoms with Crippen LogP contribution in [-0.2, 0) is 17.8 Å². The first-order valence-electron chi connectivity index (χ1n) is 6.50. The first-order chi connectivity index (χ1) is 9.19. The molecule has 1 unspecified atom stereocenters. The molecule has 2 aromatic rings. The molecular weight excluding hydrogens is 236 g/mol. The van der Waals surface area contributed by atoms with Crippen LogP contribution in [0.2, 0.25) is 0 Å². The highest BCUT2D eigenvalue weighted by Crippen LogP contribution is 2.19. The lowest BCUT2D eigenvalue weighted by atomic mass is 10.00. The van der Waals surface area contributed by atoms with Gasteiger partial charge in [-0.15, -0.1) is 0 Å². The monoisotopic (exact) mass is 256 g/mol. The lowest BCUT2D eigenvalue weighted by Gasteiger charge is -2.12. The number of benzene rings is 2. The Labute approximate surface area is 114 Å². The minimum Gasteiger partial charge on any atom is -0.388 e. The number of aliphatic hydroxyl groups excluding tert-OH is 1. The fourth-order valence-corrected chi connectivity index (χ4v) is 2.07. The average molecular weight is 256 g/mol. The maximum Gasteiger partial charge on any atom is 0.0830 e. The van der Waals surface area contributed by atoms with E-state index in [9.17, 15) is 5.11 Å². The van der Waals surface area contributed by atoms with Gasteiger partial charge in [-0.05, 0) is 23.6 Å². The molecule has 0 heterocycles. The van der Waals surface area contributed by atoms with Crippen molar-refractivity contribution in [2.75, 3.05) is 7.11 Å². The van der Waals surface area contributed by atoms with E-state index in [1.54, 1.807) is 7.11 Å². The van der Waals surface area contributed by atoms with E-state index >= 15 is 0 Å². The summed E-state index contributed by atoms with van der Waals surface area (Å²) in [5.41, 5.74) is 4.45. The summed E-state index contributed by atoms with van der Waals surface area (Å²) in [5.74, 6) is 0. The molecule has 0 radical (unpaired) electrons. The summed E-state index contributed by atoms with van der Waals surface area (Å²) in [6, 6.07) is 16.2. The smallest absolute Gasteiger partial charge is 0.0830 e. The number of ether oxygens (including phenoxy) is 1. The average Bonchev–Trinajstić information content (AvgIpc) is 2.42. The van der Waals surface area contributed by atoms with Crippen molar-refractivity contribution in [3.05, 3.63) is 70.8 Å². The summed E-state index contributed by atoms with van der Waals surface area (Å²) >= 11 is 0. The van der Waals surface area contributed by atoms with Gasteiger partial charge in [0, 0.05) is 13.5 Å². The Kier molecular flexibility index (Phi) is 4.72. The van der Waals surface area contributed by atoms with Crippen LogP contribution in [-0.4, -0.2) is 12.2 Å². The second-order valence-corrected chi connectivity index (χ2v) is 4.88. The van der Waals surface area contributed by atoms with E-state index < -0.39 is 6.10 Å². The highest BCUT2D eigenvalue weighted by molar-refractivity contribution is 5.27. The van der Waals surface area contributed by atoms with E-state index in [2.05, 4.69) is 31.2 Å². The van der Waals surface area contributed by atoms with Gasteiger partial charge < -0.3 is 9.84 Å². The molecule has 2 heteroatoms. The molecule has 0 saturated heterocycles. The minimum absolute atomic E-state index is 0.459. The van der Waals surface area contributed by atoms with Crippen LogP contribution < -0.4 is 0 Å². The van der Waals surface area contributed by atoms with E-state index in [0.717, 1.165) is 16.7 Å². The van der Waals surface area contributed by atoms with Gasteiger partial charge in [0.15, 0.2) is 0 Å². The lowest BCUT2D eigenvalue weighted by molar-refractivity contribution is 0.177. The first-order valence-corrected chi connectivity index (χ1v) is 6.50. The molecule has 1 N–H and O–H groups in total. The van der Waals surface area contributed by atoms with Gasteiger partial charge >= 0.3 is 0 Å². The zero-order valence-corrected chi connectivity index (χ0v) is 11.5. The largest absolute Gasteiger partial charge is 0.388 e. The number of aryl methyl sites for hydroxylation is 1. The summed E-state index contributed by atoms with van der Waals surface area (Å²) < 4.78 is 5.07. The van der Waals surface area contributed by atoms with Crippen LogP contribution >= 0.6 is 0 Å². The Balaban J connectivity index is 2.02. The molecule has 1 atom stereocenters. The van der Waals surface area contributed by atoms with Crippen molar-refractivity contribution in [1.82, 2.24) is 0 Å². The second kappa shape index (κ2) is 6.50. The van der Waals surface area contributed by atoms with E-state index in [1.807, 2.05) is 24.3 Å². The SMILES string of the molecule is COCc1ccc(C(O)Cc2ccc(C)cc2)cc1. The number of rotatable bonds is 5. The van der Waals surface area contributed by atoms with Gasteiger partial charge in [0.2, 0.25) is 0 Å². The molecule has 0 aliphatic carbocycles. The standard InChI is InChI=1S/C17H20O2/c1-13-3-5-14(6-4-13)11-17(18)16-9-7-15(8-10-16)12-19-2/h3-10,17-18H,11-12H2,1-2H3. The molecule has 0 fully saturated rings. The molecule has 0 aliphatic rings. The van der Waals surface area contributed by atoms with Crippen LogP contribution in [0.5, 0.6) is 0 Å². The van der Waals surface area contributed by atoms with Gasteiger partial charge in [0.05, 0.1) is 12.7 Å². The fraction of sp³-hybridized carbons (Fsp3) is 0.294. The summed E-state index contributed by atoms with van der Waals surface area (Å²) in [6.07, 6.45) is 0.184. The molecule has 19 heavy (non-hydrogen) atoms. The number of aliphatic hydroxyl groups is 1. The zero-order chi connectivity index (χ0) is 13.7. The Morgan fingerprint density at radius 1 is 0.947 bits per heavy atom. The molecule has 0 amide bonds. The summed E-state index contributed by atoms with van der Waals surface area (Å²) in [6.45, 7) is 2.67. The van der Waals surface area contributed by atoms with Crippen molar-refractivity contribution >= 4 is 0 Å². The van der Waals surface area contributed by atoms with E-state index in [0.29, 0.717) is 13.0 Å². The van der Waals surface area contributed by atoms with E-state index in [-0.39, 0.29) is 0 Å².